The fourth-order valence-electron chi connectivity index (χ4n) is 2.04. The lowest BCUT2D eigenvalue weighted by Crippen LogP contribution is -2.26. The summed E-state index contributed by atoms with van der Waals surface area (Å²) in [5.74, 6) is -1.91. The van der Waals surface area contributed by atoms with Gasteiger partial charge in [-0.1, -0.05) is 0 Å². The second-order valence-corrected chi connectivity index (χ2v) is 4.60. The van der Waals surface area contributed by atoms with Gasteiger partial charge in [-0.05, 0) is 32.0 Å². The van der Waals surface area contributed by atoms with Gasteiger partial charge in [0.15, 0.2) is 0 Å². The van der Waals surface area contributed by atoms with Crippen LogP contribution < -0.4 is 10.6 Å². The van der Waals surface area contributed by atoms with Crippen LogP contribution in [0.15, 0.2) is 24.3 Å². The molecule has 0 atom stereocenters. The predicted molar refractivity (Wildman–Crippen MR) is 79.5 cm³/mol. The van der Waals surface area contributed by atoms with Crippen molar-refractivity contribution in [3.8, 4) is 11.3 Å². The summed E-state index contributed by atoms with van der Waals surface area (Å²) in [6, 6.07) is 4.45. The van der Waals surface area contributed by atoms with Crippen LogP contribution in [0.4, 0.5) is 14.7 Å². The van der Waals surface area contributed by atoms with E-state index in [1.165, 1.54) is 12.1 Å². The van der Waals surface area contributed by atoms with Crippen LogP contribution in [0.25, 0.3) is 11.3 Å². The fourth-order valence-corrected chi connectivity index (χ4v) is 2.04. The molecule has 2 aromatic rings. The highest BCUT2D eigenvalue weighted by Crippen LogP contribution is 2.24. The van der Waals surface area contributed by atoms with Gasteiger partial charge in [0, 0.05) is 24.7 Å². The lowest BCUT2D eigenvalue weighted by atomic mass is 10.1. The molecule has 7 heteroatoms. The molecule has 116 valence electrons. The fraction of sp³-hybridized carbons (Fsp3) is 0.267. The summed E-state index contributed by atoms with van der Waals surface area (Å²) in [7, 11) is 0. The minimum Gasteiger partial charge on any atom is -0.364 e. The van der Waals surface area contributed by atoms with Gasteiger partial charge in [-0.25, -0.2) is 18.7 Å². The van der Waals surface area contributed by atoms with Crippen LogP contribution in [0.5, 0.6) is 0 Å². The van der Waals surface area contributed by atoms with Gasteiger partial charge in [0.2, 0.25) is 5.95 Å². The number of amides is 1. The molecule has 22 heavy (non-hydrogen) atoms. The van der Waals surface area contributed by atoms with Crippen molar-refractivity contribution in [1.29, 1.82) is 0 Å². The van der Waals surface area contributed by atoms with E-state index < -0.39 is 17.5 Å². The molecule has 0 aliphatic heterocycles. The Kier molecular flexibility index (Phi) is 4.65. The van der Waals surface area contributed by atoms with Crippen LogP contribution in [-0.4, -0.2) is 29.0 Å². The third kappa shape index (κ3) is 3.19. The Balaban J connectivity index is 2.62. The molecule has 0 bridgehead atoms. The first-order valence-corrected chi connectivity index (χ1v) is 6.85. The van der Waals surface area contributed by atoms with E-state index in [-0.39, 0.29) is 22.9 Å². The predicted octanol–water partition coefficient (Wildman–Crippen LogP) is 2.37. The quantitative estimate of drug-likeness (QED) is 0.920. The SMILES string of the molecule is CCN(CC)c1nc(C(N)=O)cc(-c2ccc(F)cc2F)n1. The Labute approximate surface area is 126 Å². The second kappa shape index (κ2) is 6.46. The van der Waals surface area contributed by atoms with E-state index in [2.05, 4.69) is 9.97 Å². The standard InChI is InChI=1S/C15H16F2N4O/c1-3-21(4-2)15-19-12(8-13(20-15)14(18)22)10-6-5-9(16)7-11(10)17/h5-8H,3-4H2,1-2H3,(H2,18,22). The summed E-state index contributed by atoms with van der Waals surface area (Å²) in [6.45, 7) is 5.04. The zero-order chi connectivity index (χ0) is 16.3. The van der Waals surface area contributed by atoms with Gasteiger partial charge >= 0.3 is 0 Å². The number of primary amides is 1. The average Bonchev–Trinajstić information content (AvgIpc) is 2.48. The first kappa shape index (κ1) is 15.8. The molecule has 5 nitrogen and oxygen atoms in total. The highest BCUT2D eigenvalue weighted by Gasteiger charge is 2.16. The second-order valence-electron chi connectivity index (χ2n) is 4.60. The number of carbonyl (C=O) groups is 1. The summed E-state index contributed by atoms with van der Waals surface area (Å²) in [4.78, 5) is 21.6. The number of anilines is 1. The van der Waals surface area contributed by atoms with Crippen molar-refractivity contribution < 1.29 is 13.6 Å². The lowest BCUT2D eigenvalue weighted by Gasteiger charge is -2.19. The molecular formula is C15H16F2N4O. The number of hydrogen-bond acceptors (Lipinski definition) is 4. The number of nitrogens with zero attached hydrogens (tertiary/aromatic N) is 3. The third-order valence-corrected chi connectivity index (χ3v) is 3.22. The van der Waals surface area contributed by atoms with Crippen molar-refractivity contribution in [3.05, 3.63) is 41.6 Å². The molecule has 2 N–H and O–H groups in total. The van der Waals surface area contributed by atoms with E-state index >= 15 is 0 Å². The van der Waals surface area contributed by atoms with Gasteiger partial charge in [-0.2, -0.15) is 0 Å². The summed E-state index contributed by atoms with van der Waals surface area (Å²) < 4.78 is 27.0. The average molecular weight is 306 g/mol. The maximum absolute atomic E-state index is 13.9. The van der Waals surface area contributed by atoms with Gasteiger partial charge in [0.1, 0.15) is 17.3 Å². The zero-order valence-corrected chi connectivity index (χ0v) is 12.3. The minimum absolute atomic E-state index is 0.0179. The minimum atomic E-state index is -0.764. The van der Waals surface area contributed by atoms with E-state index in [4.69, 9.17) is 5.73 Å². The molecule has 1 heterocycles. The van der Waals surface area contributed by atoms with Crippen molar-refractivity contribution in [2.24, 2.45) is 5.73 Å². The van der Waals surface area contributed by atoms with Gasteiger partial charge in [0.05, 0.1) is 5.69 Å². The zero-order valence-electron chi connectivity index (χ0n) is 12.3. The molecular weight excluding hydrogens is 290 g/mol. The molecule has 0 saturated heterocycles. The Hall–Kier alpha value is -2.57. The largest absolute Gasteiger partial charge is 0.364 e. The molecule has 0 radical (unpaired) electrons. The van der Waals surface area contributed by atoms with Crippen LogP contribution in [0.3, 0.4) is 0 Å². The van der Waals surface area contributed by atoms with Crippen LogP contribution in [0.2, 0.25) is 0 Å². The molecule has 0 unspecified atom stereocenters. The van der Waals surface area contributed by atoms with E-state index in [1.54, 1.807) is 4.90 Å². The van der Waals surface area contributed by atoms with Crippen molar-refractivity contribution in [2.45, 2.75) is 13.8 Å². The van der Waals surface area contributed by atoms with Crippen LogP contribution in [-0.2, 0) is 0 Å². The molecule has 1 amide bonds. The monoisotopic (exact) mass is 306 g/mol. The normalized spacial score (nSPS) is 10.5. The lowest BCUT2D eigenvalue weighted by molar-refractivity contribution is 0.0995. The van der Waals surface area contributed by atoms with Crippen molar-refractivity contribution >= 4 is 11.9 Å². The molecule has 1 aromatic heterocycles. The maximum atomic E-state index is 13.9. The number of aromatic nitrogens is 2. The topological polar surface area (TPSA) is 72.1 Å². The highest BCUT2D eigenvalue weighted by molar-refractivity contribution is 5.92. The number of hydrogen-bond donors (Lipinski definition) is 1. The van der Waals surface area contributed by atoms with Gasteiger partial charge in [-0.3, -0.25) is 4.79 Å². The molecule has 0 spiro atoms. The summed E-state index contributed by atoms with van der Waals surface area (Å²) in [5.41, 5.74) is 5.52. The Morgan fingerprint density at radius 2 is 1.86 bits per heavy atom. The number of benzene rings is 1. The van der Waals surface area contributed by atoms with E-state index in [1.807, 2.05) is 13.8 Å². The smallest absolute Gasteiger partial charge is 0.267 e. The van der Waals surface area contributed by atoms with Crippen LogP contribution in [0, 0.1) is 11.6 Å². The number of rotatable bonds is 5. The van der Waals surface area contributed by atoms with E-state index in [0.29, 0.717) is 13.1 Å². The molecule has 0 saturated carbocycles. The molecule has 0 aliphatic rings. The molecule has 0 fully saturated rings. The highest BCUT2D eigenvalue weighted by atomic mass is 19.1. The summed E-state index contributed by atoms with van der Waals surface area (Å²) >= 11 is 0. The summed E-state index contributed by atoms with van der Waals surface area (Å²) in [5, 5.41) is 0. The van der Waals surface area contributed by atoms with Crippen LogP contribution >= 0.6 is 0 Å². The Morgan fingerprint density at radius 3 is 2.41 bits per heavy atom. The van der Waals surface area contributed by atoms with Crippen molar-refractivity contribution in [1.82, 2.24) is 9.97 Å². The van der Waals surface area contributed by atoms with Gasteiger partial charge < -0.3 is 10.6 Å². The number of halogens is 2. The molecule has 1 aromatic carbocycles. The maximum Gasteiger partial charge on any atom is 0.267 e. The van der Waals surface area contributed by atoms with Gasteiger partial charge in [-0.15, -0.1) is 0 Å². The van der Waals surface area contributed by atoms with E-state index in [0.717, 1.165) is 12.1 Å². The molecule has 0 aliphatic carbocycles. The van der Waals surface area contributed by atoms with Crippen molar-refractivity contribution in [2.75, 3.05) is 18.0 Å². The number of carbonyl (C=O) groups excluding carboxylic acids is 1. The Bertz CT molecular complexity index is 702. The third-order valence-electron chi connectivity index (χ3n) is 3.22. The number of nitrogens with two attached hydrogens (primary N) is 1. The van der Waals surface area contributed by atoms with Crippen LogP contribution in [0.1, 0.15) is 24.3 Å². The van der Waals surface area contributed by atoms with Crippen molar-refractivity contribution in [3.63, 3.8) is 0 Å². The van der Waals surface area contributed by atoms with Gasteiger partial charge in [0.25, 0.3) is 5.91 Å². The molecule has 2 rings (SSSR count). The first-order valence-electron chi connectivity index (χ1n) is 6.85. The Morgan fingerprint density at radius 1 is 1.18 bits per heavy atom. The van der Waals surface area contributed by atoms with E-state index in [9.17, 15) is 13.6 Å². The summed E-state index contributed by atoms with van der Waals surface area (Å²) in [6.07, 6.45) is 0. The first-order chi connectivity index (χ1) is 10.5.